The molecule has 0 bridgehead atoms. The van der Waals surface area contributed by atoms with Crippen molar-refractivity contribution < 1.29 is 4.74 Å². The van der Waals surface area contributed by atoms with Crippen LogP contribution in [0.1, 0.15) is 26.7 Å². The Morgan fingerprint density at radius 1 is 1.55 bits per heavy atom. The molecule has 0 saturated heterocycles. The molecule has 0 aliphatic rings. The van der Waals surface area contributed by atoms with Gasteiger partial charge in [-0.3, -0.25) is 4.99 Å². The summed E-state index contributed by atoms with van der Waals surface area (Å²) in [5.74, 6) is 0.622. The van der Waals surface area contributed by atoms with E-state index in [9.17, 15) is 0 Å². The fourth-order valence-electron chi connectivity index (χ4n) is 0.839. The Kier molecular flexibility index (Phi) is 5.84. The monoisotopic (exact) mass is 158 g/mol. The lowest BCUT2D eigenvalue weighted by molar-refractivity contribution is 0.151. The summed E-state index contributed by atoms with van der Waals surface area (Å²) in [5, 5.41) is 0. The Morgan fingerprint density at radius 3 is 2.55 bits per heavy atom. The first kappa shape index (κ1) is 10.4. The number of hydrogen-bond acceptors (Lipinski definition) is 2. The van der Waals surface area contributed by atoms with E-state index in [2.05, 4.69) is 11.9 Å². The van der Waals surface area contributed by atoms with Crippen molar-refractivity contribution in [1.82, 2.24) is 0 Å². The average molecular weight is 158 g/mol. The van der Waals surface area contributed by atoms with Crippen LogP contribution < -0.4 is 5.73 Å². The number of hydrogen-bond donors (Lipinski definition) is 1. The van der Waals surface area contributed by atoms with E-state index in [0.717, 1.165) is 19.4 Å². The maximum atomic E-state index is 5.65. The number of nitrogens with zero attached hydrogens (tertiary/aromatic N) is 1. The lowest BCUT2D eigenvalue weighted by Gasteiger charge is -2.11. The highest BCUT2D eigenvalue weighted by Gasteiger charge is 2.07. The van der Waals surface area contributed by atoms with Crippen LogP contribution in [0, 0.1) is 0 Å². The van der Waals surface area contributed by atoms with Crippen LogP contribution in [0.4, 0.5) is 0 Å². The Balaban J connectivity index is 3.85. The Bertz CT molecular complexity index is 119. The molecule has 0 spiro atoms. The maximum Gasteiger partial charge on any atom is 0.123 e. The van der Waals surface area contributed by atoms with Gasteiger partial charge in [-0.15, -0.1) is 0 Å². The molecule has 0 aliphatic carbocycles. The third kappa shape index (κ3) is 3.98. The molecule has 2 N–H and O–H groups in total. The van der Waals surface area contributed by atoms with Crippen molar-refractivity contribution in [3.05, 3.63) is 0 Å². The molecule has 11 heavy (non-hydrogen) atoms. The molecule has 0 fully saturated rings. The van der Waals surface area contributed by atoms with Gasteiger partial charge in [0.25, 0.3) is 0 Å². The molecule has 1 unspecified atom stereocenters. The molecule has 3 heteroatoms. The third-order valence-corrected chi connectivity index (χ3v) is 1.50. The number of nitrogens with two attached hydrogens (primary N) is 1. The molecule has 0 radical (unpaired) electrons. The van der Waals surface area contributed by atoms with Crippen molar-refractivity contribution in [3.8, 4) is 0 Å². The zero-order valence-electron chi connectivity index (χ0n) is 7.63. The molecule has 0 amide bonds. The summed E-state index contributed by atoms with van der Waals surface area (Å²) in [7, 11) is 1.66. The molecule has 3 nitrogen and oxygen atoms in total. The zero-order valence-corrected chi connectivity index (χ0v) is 7.63. The van der Waals surface area contributed by atoms with Crippen molar-refractivity contribution in [2.45, 2.75) is 32.8 Å². The molecule has 0 rings (SSSR count). The van der Waals surface area contributed by atoms with Crippen LogP contribution in [-0.2, 0) is 4.74 Å². The van der Waals surface area contributed by atoms with Gasteiger partial charge in [0.1, 0.15) is 11.9 Å². The lowest BCUT2D eigenvalue weighted by Crippen LogP contribution is -2.30. The van der Waals surface area contributed by atoms with Gasteiger partial charge in [-0.1, -0.05) is 13.8 Å². The predicted molar refractivity (Wildman–Crippen MR) is 47.9 cm³/mol. The van der Waals surface area contributed by atoms with E-state index in [1.807, 2.05) is 6.92 Å². The normalized spacial score (nSPS) is 15.0. The summed E-state index contributed by atoms with van der Waals surface area (Å²) in [6, 6.07) is 0. The fourth-order valence-corrected chi connectivity index (χ4v) is 0.839. The van der Waals surface area contributed by atoms with Crippen molar-refractivity contribution in [3.63, 3.8) is 0 Å². The average Bonchev–Trinajstić information content (AvgIpc) is 2.03. The highest BCUT2D eigenvalue weighted by atomic mass is 16.5. The van der Waals surface area contributed by atoms with Gasteiger partial charge < -0.3 is 10.5 Å². The van der Waals surface area contributed by atoms with E-state index in [1.54, 1.807) is 7.11 Å². The lowest BCUT2D eigenvalue weighted by atomic mass is 10.2. The van der Waals surface area contributed by atoms with E-state index in [0.29, 0.717) is 5.84 Å². The van der Waals surface area contributed by atoms with Gasteiger partial charge in [0, 0.05) is 13.7 Å². The molecule has 0 heterocycles. The molecular formula is C8H18N2O. The van der Waals surface area contributed by atoms with E-state index >= 15 is 0 Å². The van der Waals surface area contributed by atoms with Crippen LogP contribution in [0.25, 0.3) is 0 Å². The number of methoxy groups -OCH3 is 1. The first-order valence-corrected chi connectivity index (χ1v) is 4.08. The van der Waals surface area contributed by atoms with Gasteiger partial charge in [-0.2, -0.15) is 0 Å². The minimum absolute atomic E-state index is 0.00144. The Morgan fingerprint density at radius 2 is 2.18 bits per heavy atom. The van der Waals surface area contributed by atoms with Crippen LogP contribution in [-0.4, -0.2) is 25.6 Å². The second-order valence-corrected chi connectivity index (χ2v) is 2.44. The van der Waals surface area contributed by atoms with Crippen molar-refractivity contribution in [2.24, 2.45) is 10.7 Å². The van der Waals surface area contributed by atoms with E-state index in [-0.39, 0.29) is 6.10 Å². The highest BCUT2D eigenvalue weighted by molar-refractivity contribution is 5.84. The van der Waals surface area contributed by atoms with E-state index in [1.165, 1.54) is 0 Å². The Labute approximate surface area is 68.6 Å². The highest BCUT2D eigenvalue weighted by Crippen LogP contribution is 1.96. The second kappa shape index (κ2) is 6.16. The van der Waals surface area contributed by atoms with Gasteiger partial charge in [0.15, 0.2) is 0 Å². The van der Waals surface area contributed by atoms with Gasteiger partial charge in [0.05, 0.1) is 0 Å². The molecule has 0 aromatic heterocycles. The largest absolute Gasteiger partial charge is 0.385 e. The smallest absolute Gasteiger partial charge is 0.123 e. The maximum absolute atomic E-state index is 5.65. The van der Waals surface area contributed by atoms with Gasteiger partial charge in [0.2, 0.25) is 0 Å². The summed E-state index contributed by atoms with van der Waals surface area (Å²) in [5.41, 5.74) is 5.65. The van der Waals surface area contributed by atoms with Crippen LogP contribution in [0.15, 0.2) is 4.99 Å². The van der Waals surface area contributed by atoms with Gasteiger partial charge in [-0.25, -0.2) is 0 Å². The first-order valence-electron chi connectivity index (χ1n) is 4.08. The molecule has 0 aromatic carbocycles. The standard InChI is InChI=1S/C8H18N2O/c1-4-6-10-8(9)7(5-2)11-3/h7H,4-6H2,1-3H3,(H2,9,10). The van der Waals surface area contributed by atoms with Gasteiger partial charge in [-0.05, 0) is 12.8 Å². The minimum Gasteiger partial charge on any atom is -0.385 e. The second-order valence-electron chi connectivity index (χ2n) is 2.44. The molecule has 0 aliphatic heterocycles. The molecule has 0 saturated carbocycles. The summed E-state index contributed by atoms with van der Waals surface area (Å²) in [6.45, 7) is 4.90. The zero-order chi connectivity index (χ0) is 8.69. The summed E-state index contributed by atoms with van der Waals surface area (Å²) < 4.78 is 5.10. The quantitative estimate of drug-likeness (QED) is 0.482. The number of amidine groups is 1. The topological polar surface area (TPSA) is 47.6 Å². The minimum atomic E-state index is 0.00144. The summed E-state index contributed by atoms with van der Waals surface area (Å²) in [4.78, 5) is 4.15. The molecule has 66 valence electrons. The van der Waals surface area contributed by atoms with Crippen LogP contribution in [0.5, 0.6) is 0 Å². The van der Waals surface area contributed by atoms with E-state index < -0.39 is 0 Å². The van der Waals surface area contributed by atoms with E-state index in [4.69, 9.17) is 10.5 Å². The van der Waals surface area contributed by atoms with Crippen molar-refractivity contribution in [2.75, 3.05) is 13.7 Å². The van der Waals surface area contributed by atoms with Crippen molar-refractivity contribution >= 4 is 5.84 Å². The SMILES string of the molecule is CCCN=C(N)C(CC)OC. The number of ether oxygens (including phenoxy) is 1. The van der Waals surface area contributed by atoms with Crippen LogP contribution in [0.3, 0.4) is 0 Å². The Hall–Kier alpha value is -0.570. The van der Waals surface area contributed by atoms with Crippen LogP contribution in [0.2, 0.25) is 0 Å². The van der Waals surface area contributed by atoms with Crippen LogP contribution >= 0.6 is 0 Å². The number of rotatable bonds is 5. The summed E-state index contributed by atoms with van der Waals surface area (Å²) >= 11 is 0. The van der Waals surface area contributed by atoms with Crippen molar-refractivity contribution in [1.29, 1.82) is 0 Å². The molecule has 0 aromatic rings. The summed E-state index contributed by atoms with van der Waals surface area (Å²) in [6.07, 6.45) is 1.91. The fraction of sp³-hybridized carbons (Fsp3) is 0.875. The van der Waals surface area contributed by atoms with Gasteiger partial charge >= 0.3 is 0 Å². The predicted octanol–water partition coefficient (Wildman–Crippen LogP) is 1.18. The number of aliphatic imine (C=N–C) groups is 1. The third-order valence-electron chi connectivity index (χ3n) is 1.50. The first-order chi connectivity index (χ1) is 5.26. The molecular weight excluding hydrogens is 140 g/mol. The molecule has 1 atom stereocenters.